The quantitative estimate of drug-likeness (QED) is 0.242. The van der Waals surface area contributed by atoms with Gasteiger partial charge in [0.2, 0.25) is 11.6 Å². The lowest BCUT2D eigenvalue weighted by molar-refractivity contribution is -0.383. The molecule has 0 saturated heterocycles. The van der Waals surface area contributed by atoms with Crippen molar-refractivity contribution in [2.75, 3.05) is 10.9 Å². The molecule has 34 heavy (non-hydrogen) atoms. The van der Waals surface area contributed by atoms with Crippen molar-refractivity contribution >= 4 is 39.9 Å². The summed E-state index contributed by atoms with van der Waals surface area (Å²) < 4.78 is 13.8. The zero-order valence-electron chi connectivity index (χ0n) is 17.3. The fourth-order valence-corrected chi connectivity index (χ4v) is 3.17. The average molecular weight is 461 g/mol. The Labute approximate surface area is 191 Å². The summed E-state index contributed by atoms with van der Waals surface area (Å²) in [5, 5.41) is 13.2. The van der Waals surface area contributed by atoms with E-state index in [1.165, 1.54) is 18.2 Å². The molecule has 4 N–H and O–H groups in total. The third-order valence-corrected chi connectivity index (χ3v) is 4.75. The molecule has 0 bridgehead atoms. The minimum Gasteiger partial charge on any atom is -0.276 e. The molecule has 12 heteroatoms. The van der Waals surface area contributed by atoms with Crippen LogP contribution in [0.4, 0.5) is 21.7 Å². The Bertz CT molecular complexity index is 1410. The van der Waals surface area contributed by atoms with Crippen LogP contribution in [0.3, 0.4) is 0 Å². The van der Waals surface area contributed by atoms with Gasteiger partial charge in [-0.05, 0) is 29.0 Å². The predicted molar refractivity (Wildman–Crippen MR) is 121 cm³/mol. The zero-order chi connectivity index (χ0) is 24.1. The molecule has 0 aliphatic rings. The number of carbonyl (C=O) groups is 2. The topological polar surface area (TPSA) is 151 Å². The molecule has 0 aliphatic heterocycles. The van der Waals surface area contributed by atoms with Crippen molar-refractivity contribution in [3.8, 4) is 0 Å². The third kappa shape index (κ3) is 4.55. The van der Waals surface area contributed by atoms with Gasteiger partial charge in [0, 0.05) is 5.56 Å². The molecule has 0 unspecified atom stereocenters. The smallest absolute Gasteiger partial charge is 0.276 e. The van der Waals surface area contributed by atoms with Gasteiger partial charge in [0.05, 0.1) is 10.5 Å². The minimum atomic E-state index is -0.871. The second-order valence-electron chi connectivity index (χ2n) is 6.84. The summed E-state index contributed by atoms with van der Waals surface area (Å²) in [6, 6.07) is 17.7. The van der Waals surface area contributed by atoms with Crippen LogP contribution >= 0.6 is 0 Å². The molecule has 4 aromatic rings. The Morgan fingerprint density at radius 2 is 1.35 bits per heavy atom. The van der Waals surface area contributed by atoms with E-state index in [1.54, 1.807) is 24.3 Å². The first-order chi connectivity index (χ1) is 16.5. The number of aromatic nitrogens is 2. The van der Waals surface area contributed by atoms with E-state index in [4.69, 9.17) is 0 Å². The Morgan fingerprint density at radius 3 is 2.03 bits per heavy atom. The van der Waals surface area contributed by atoms with E-state index in [1.807, 2.05) is 18.2 Å². The van der Waals surface area contributed by atoms with Crippen LogP contribution in [0, 0.1) is 15.9 Å². The molecule has 2 amide bonds. The van der Waals surface area contributed by atoms with Gasteiger partial charge >= 0.3 is 5.69 Å². The highest BCUT2D eigenvalue weighted by Crippen LogP contribution is 2.28. The Hall–Kier alpha value is -5.13. The number of anilines is 2. The van der Waals surface area contributed by atoms with Crippen molar-refractivity contribution in [2.45, 2.75) is 0 Å². The SMILES string of the molecule is O=C(NNc1ncnc(NNC(=O)c2cccc3ccccc23)c1[N+](=O)[O-])c1ccccc1F. The van der Waals surface area contributed by atoms with Crippen LogP contribution < -0.4 is 21.7 Å². The number of carbonyl (C=O) groups excluding carboxylic acids is 2. The van der Waals surface area contributed by atoms with Gasteiger partial charge in [-0.3, -0.25) is 41.4 Å². The molecule has 4 rings (SSSR count). The average Bonchev–Trinajstić information content (AvgIpc) is 2.85. The van der Waals surface area contributed by atoms with Crippen molar-refractivity contribution < 1.29 is 18.9 Å². The zero-order valence-corrected chi connectivity index (χ0v) is 17.3. The van der Waals surface area contributed by atoms with Crippen molar-refractivity contribution in [1.82, 2.24) is 20.8 Å². The first-order valence-electron chi connectivity index (χ1n) is 9.80. The minimum absolute atomic E-state index is 0.271. The summed E-state index contributed by atoms with van der Waals surface area (Å²) in [4.78, 5) is 43.3. The van der Waals surface area contributed by atoms with E-state index in [0.29, 0.717) is 10.9 Å². The first-order valence-corrected chi connectivity index (χ1v) is 9.80. The number of hydrazine groups is 2. The van der Waals surface area contributed by atoms with Crippen molar-refractivity contribution in [3.05, 3.63) is 100 Å². The van der Waals surface area contributed by atoms with Crippen molar-refractivity contribution in [2.24, 2.45) is 0 Å². The van der Waals surface area contributed by atoms with Gasteiger partial charge in [0.25, 0.3) is 11.8 Å². The van der Waals surface area contributed by atoms with Crippen LogP contribution in [0.25, 0.3) is 10.8 Å². The van der Waals surface area contributed by atoms with Gasteiger partial charge in [-0.2, -0.15) is 0 Å². The van der Waals surface area contributed by atoms with E-state index >= 15 is 0 Å². The maximum Gasteiger partial charge on any atom is 0.356 e. The molecular weight excluding hydrogens is 445 g/mol. The second-order valence-corrected chi connectivity index (χ2v) is 6.84. The van der Waals surface area contributed by atoms with Gasteiger partial charge in [0.15, 0.2) is 0 Å². The molecule has 170 valence electrons. The lowest BCUT2D eigenvalue weighted by Gasteiger charge is -2.12. The van der Waals surface area contributed by atoms with Gasteiger partial charge in [0.1, 0.15) is 12.1 Å². The Kier molecular flexibility index (Phi) is 6.21. The van der Waals surface area contributed by atoms with Crippen LogP contribution in [0.2, 0.25) is 0 Å². The highest BCUT2D eigenvalue weighted by atomic mass is 19.1. The maximum atomic E-state index is 13.8. The Morgan fingerprint density at radius 1 is 0.794 bits per heavy atom. The maximum absolute atomic E-state index is 13.8. The molecule has 1 aromatic heterocycles. The molecule has 0 saturated carbocycles. The largest absolute Gasteiger partial charge is 0.356 e. The van der Waals surface area contributed by atoms with E-state index < -0.39 is 28.2 Å². The van der Waals surface area contributed by atoms with Gasteiger partial charge in [-0.1, -0.05) is 48.5 Å². The number of amides is 2. The van der Waals surface area contributed by atoms with Crippen LogP contribution in [0.5, 0.6) is 0 Å². The van der Waals surface area contributed by atoms with Crippen molar-refractivity contribution in [1.29, 1.82) is 0 Å². The monoisotopic (exact) mass is 461 g/mol. The van der Waals surface area contributed by atoms with E-state index in [9.17, 15) is 24.1 Å². The van der Waals surface area contributed by atoms with Crippen LogP contribution in [-0.2, 0) is 0 Å². The molecule has 0 atom stereocenters. The van der Waals surface area contributed by atoms with Gasteiger partial charge in [-0.15, -0.1) is 0 Å². The highest BCUT2D eigenvalue weighted by Gasteiger charge is 2.24. The number of hydrogen-bond acceptors (Lipinski definition) is 8. The fourth-order valence-electron chi connectivity index (χ4n) is 3.17. The number of nitrogens with zero attached hydrogens (tertiary/aromatic N) is 3. The van der Waals surface area contributed by atoms with Crippen LogP contribution in [0.1, 0.15) is 20.7 Å². The molecule has 11 nitrogen and oxygen atoms in total. The third-order valence-electron chi connectivity index (χ3n) is 4.75. The summed E-state index contributed by atoms with van der Waals surface area (Å²) in [6.07, 6.45) is 0.983. The molecule has 3 aromatic carbocycles. The molecular formula is C22H16FN7O4. The lowest BCUT2D eigenvalue weighted by atomic mass is 10.0. The van der Waals surface area contributed by atoms with Crippen molar-refractivity contribution in [3.63, 3.8) is 0 Å². The standard InChI is InChI=1S/C22H16FN7O4/c23-17-11-4-3-9-16(17)22(32)29-27-20-18(30(33)34)19(24-12-25-20)26-28-21(31)15-10-5-7-13-6-1-2-8-14(13)15/h1-12H,(H,28,31)(H,29,32)(H2,24,25,26,27). The fraction of sp³-hybridized carbons (Fsp3) is 0. The number of nitro groups is 1. The van der Waals surface area contributed by atoms with E-state index in [-0.39, 0.29) is 17.2 Å². The molecule has 0 spiro atoms. The molecule has 1 heterocycles. The highest BCUT2D eigenvalue weighted by molar-refractivity contribution is 6.07. The molecule has 0 aliphatic carbocycles. The van der Waals surface area contributed by atoms with E-state index in [2.05, 4.69) is 31.7 Å². The number of halogens is 1. The summed E-state index contributed by atoms with van der Waals surface area (Å²) >= 11 is 0. The number of nitrogens with one attached hydrogen (secondary N) is 4. The molecule has 0 radical (unpaired) electrons. The first kappa shape index (κ1) is 22.1. The number of benzene rings is 3. The van der Waals surface area contributed by atoms with Gasteiger partial charge < -0.3 is 0 Å². The van der Waals surface area contributed by atoms with Crippen LogP contribution in [0.15, 0.2) is 73.1 Å². The van der Waals surface area contributed by atoms with E-state index in [0.717, 1.165) is 17.8 Å². The number of hydrogen-bond donors (Lipinski definition) is 4. The Balaban J connectivity index is 1.52. The number of rotatable bonds is 7. The summed E-state index contributed by atoms with van der Waals surface area (Å²) in [5.74, 6) is -2.91. The predicted octanol–water partition coefficient (Wildman–Crippen LogP) is 3.19. The summed E-state index contributed by atoms with van der Waals surface area (Å²) in [5.41, 5.74) is 8.66. The lowest BCUT2D eigenvalue weighted by Crippen LogP contribution is -2.32. The number of fused-ring (bicyclic) bond motifs is 1. The normalized spacial score (nSPS) is 10.4. The van der Waals surface area contributed by atoms with Crippen LogP contribution in [-0.4, -0.2) is 26.7 Å². The summed E-state index contributed by atoms with van der Waals surface area (Å²) in [7, 11) is 0. The summed E-state index contributed by atoms with van der Waals surface area (Å²) in [6.45, 7) is 0. The second kappa shape index (κ2) is 9.56. The van der Waals surface area contributed by atoms with Gasteiger partial charge in [-0.25, -0.2) is 14.4 Å². The molecule has 0 fully saturated rings.